The third kappa shape index (κ3) is 3.61. The number of aromatic nitrogens is 3. The second kappa shape index (κ2) is 6.89. The number of carbonyl (C=O) groups is 2. The molecule has 0 atom stereocenters. The van der Waals surface area contributed by atoms with Gasteiger partial charge in [0.1, 0.15) is 5.69 Å². The number of hydrogen-bond acceptors (Lipinski definition) is 4. The highest BCUT2D eigenvalue weighted by molar-refractivity contribution is 9.10. The van der Waals surface area contributed by atoms with Gasteiger partial charge >= 0.3 is 0 Å². The molecule has 8 nitrogen and oxygen atoms in total. The Morgan fingerprint density at radius 1 is 1.24 bits per heavy atom. The fourth-order valence-electron chi connectivity index (χ4n) is 2.40. The predicted molar refractivity (Wildman–Crippen MR) is 94.8 cm³/mol. The topological polar surface area (TPSA) is 109 Å². The third-order valence-corrected chi connectivity index (χ3v) is 4.03. The zero-order valence-electron chi connectivity index (χ0n) is 13.2. The zero-order valence-corrected chi connectivity index (χ0v) is 14.8. The maximum atomic E-state index is 12.1. The predicted octanol–water partition coefficient (Wildman–Crippen LogP) is 1.03. The summed E-state index contributed by atoms with van der Waals surface area (Å²) in [6.45, 7) is 0. The summed E-state index contributed by atoms with van der Waals surface area (Å²) in [6, 6.07) is 8.54. The van der Waals surface area contributed by atoms with Gasteiger partial charge in [0.05, 0.1) is 17.5 Å². The molecule has 0 aliphatic carbocycles. The molecule has 0 aliphatic heterocycles. The average molecular weight is 404 g/mol. The Hall–Kier alpha value is -2.94. The van der Waals surface area contributed by atoms with Gasteiger partial charge in [-0.2, -0.15) is 5.10 Å². The number of aromatic amines is 1. The number of hydrazine groups is 1. The molecule has 128 valence electrons. The number of halogens is 1. The number of benzene rings is 1. The van der Waals surface area contributed by atoms with Crippen molar-refractivity contribution in [1.82, 2.24) is 25.6 Å². The Morgan fingerprint density at radius 3 is 2.64 bits per heavy atom. The Labute approximate surface area is 150 Å². The van der Waals surface area contributed by atoms with E-state index in [2.05, 4.69) is 36.9 Å². The van der Waals surface area contributed by atoms with Crippen LogP contribution in [0.3, 0.4) is 0 Å². The molecule has 0 fully saturated rings. The fraction of sp³-hybridized carbons (Fsp3) is 0.125. The number of aryl methyl sites for hydroxylation is 1. The van der Waals surface area contributed by atoms with Crippen molar-refractivity contribution in [2.24, 2.45) is 7.05 Å². The third-order valence-electron chi connectivity index (χ3n) is 3.57. The summed E-state index contributed by atoms with van der Waals surface area (Å²) >= 11 is 3.23. The Balaban J connectivity index is 1.73. The van der Waals surface area contributed by atoms with E-state index in [-0.39, 0.29) is 12.0 Å². The van der Waals surface area contributed by atoms with Crippen molar-refractivity contribution in [2.75, 3.05) is 0 Å². The summed E-state index contributed by atoms with van der Waals surface area (Å²) in [7, 11) is 1.53. The van der Waals surface area contributed by atoms with Crippen LogP contribution in [0, 0.1) is 0 Å². The summed E-state index contributed by atoms with van der Waals surface area (Å²) in [5.41, 5.74) is 5.18. The van der Waals surface area contributed by atoms with Crippen molar-refractivity contribution in [1.29, 1.82) is 0 Å². The smallest absolute Gasteiger partial charge is 0.286 e. The molecule has 0 bridgehead atoms. The number of amides is 2. The molecule has 0 spiro atoms. The minimum atomic E-state index is -0.475. The molecular weight excluding hydrogens is 390 g/mol. The maximum Gasteiger partial charge on any atom is 0.286 e. The molecule has 2 aromatic heterocycles. The van der Waals surface area contributed by atoms with Crippen molar-refractivity contribution >= 4 is 38.5 Å². The van der Waals surface area contributed by atoms with Gasteiger partial charge in [0, 0.05) is 23.1 Å². The van der Waals surface area contributed by atoms with Crippen molar-refractivity contribution in [3.8, 4) is 0 Å². The van der Waals surface area contributed by atoms with E-state index in [9.17, 15) is 14.4 Å². The highest BCUT2D eigenvalue weighted by Crippen LogP contribution is 2.13. The fourth-order valence-corrected chi connectivity index (χ4v) is 2.74. The van der Waals surface area contributed by atoms with Crippen molar-refractivity contribution in [3.05, 3.63) is 62.7 Å². The molecule has 2 heterocycles. The Morgan fingerprint density at radius 2 is 1.96 bits per heavy atom. The standard InChI is InChI=1S/C16H14BrN5O3/c1-22-16(25)11-5-3-2-4-10(11)12(21-22)7-14(23)19-20-15(24)13-6-9(17)8-18-13/h2-6,8,18H,7H2,1H3,(H,19,23)(H,20,24). The molecule has 9 heteroatoms. The molecule has 3 N–H and O–H groups in total. The molecule has 2 amide bonds. The summed E-state index contributed by atoms with van der Waals surface area (Å²) < 4.78 is 1.92. The van der Waals surface area contributed by atoms with Crippen LogP contribution in [0.5, 0.6) is 0 Å². The number of nitrogens with zero attached hydrogens (tertiary/aromatic N) is 2. The van der Waals surface area contributed by atoms with Crippen LogP contribution in [0.15, 0.2) is 45.8 Å². The van der Waals surface area contributed by atoms with E-state index in [4.69, 9.17) is 0 Å². The van der Waals surface area contributed by atoms with Crippen molar-refractivity contribution in [3.63, 3.8) is 0 Å². The summed E-state index contributed by atoms with van der Waals surface area (Å²) in [5, 5.41) is 5.25. The second-order valence-corrected chi connectivity index (χ2v) is 6.25. The van der Waals surface area contributed by atoms with Crippen LogP contribution in [0.2, 0.25) is 0 Å². The van der Waals surface area contributed by atoms with Crippen LogP contribution in [0.4, 0.5) is 0 Å². The van der Waals surface area contributed by atoms with E-state index >= 15 is 0 Å². The molecule has 25 heavy (non-hydrogen) atoms. The van der Waals surface area contributed by atoms with Gasteiger partial charge in [-0.05, 0) is 28.1 Å². The molecule has 0 saturated carbocycles. The first-order chi connectivity index (χ1) is 12.0. The van der Waals surface area contributed by atoms with E-state index < -0.39 is 11.8 Å². The molecule has 3 rings (SSSR count). The van der Waals surface area contributed by atoms with E-state index in [0.717, 1.165) is 4.47 Å². The number of carbonyl (C=O) groups excluding carboxylic acids is 2. The van der Waals surface area contributed by atoms with Crippen LogP contribution in [-0.4, -0.2) is 26.6 Å². The van der Waals surface area contributed by atoms with E-state index in [1.54, 1.807) is 36.5 Å². The number of H-pyrrole nitrogens is 1. The molecule has 0 aliphatic rings. The first-order valence-corrected chi connectivity index (χ1v) is 8.13. The summed E-state index contributed by atoms with van der Waals surface area (Å²) in [4.78, 5) is 38.8. The van der Waals surface area contributed by atoms with E-state index in [1.807, 2.05) is 0 Å². The van der Waals surface area contributed by atoms with Crippen molar-refractivity contribution in [2.45, 2.75) is 6.42 Å². The number of fused-ring (bicyclic) bond motifs is 1. The zero-order chi connectivity index (χ0) is 18.0. The average Bonchev–Trinajstić information content (AvgIpc) is 3.04. The van der Waals surface area contributed by atoms with Gasteiger partial charge in [-0.25, -0.2) is 4.68 Å². The Bertz CT molecular complexity index is 1020. The summed E-state index contributed by atoms with van der Waals surface area (Å²) in [6.07, 6.45) is 1.53. The van der Waals surface area contributed by atoms with Gasteiger partial charge in [-0.15, -0.1) is 0 Å². The number of hydrogen-bond donors (Lipinski definition) is 3. The van der Waals surface area contributed by atoms with Gasteiger partial charge in [-0.3, -0.25) is 25.2 Å². The van der Waals surface area contributed by atoms with Crippen molar-refractivity contribution < 1.29 is 9.59 Å². The quantitative estimate of drug-likeness (QED) is 0.567. The highest BCUT2D eigenvalue weighted by atomic mass is 79.9. The minimum Gasteiger partial charge on any atom is -0.356 e. The number of nitrogens with one attached hydrogen (secondary N) is 3. The molecular formula is C16H14BrN5O3. The van der Waals surface area contributed by atoms with E-state index in [0.29, 0.717) is 22.2 Å². The molecule has 3 aromatic rings. The van der Waals surface area contributed by atoms with Gasteiger partial charge in [-0.1, -0.05) is 18.2 Å². The lowest BCUT2D eigenvalue weighted by molar-refractivity contribution is -0.121. The Kier molecular flexibility index (Phi) is 4.66. The largest absolute Gasteiger partial charge is 0.356 e. The van der Waals surface area contributed by atoms with E-state index in [1.165, 1.54) is 11.7 Å². The summed E-state index contributed by atoms with van der Waals surface area (Å²) in [5.74, 6) is -0.924. The molecule has 0 radical (unpaired) electrons. The molecule has 1 aromatic carbocycles. The SMILES string of the molecule is Cn1nc(CC(=O)NNC(=O)c2cc(Br)c[nH]2)c2ccccc2c1=O. The van der Waals surface area contributed by atoms with Crippen LogP contribution < -0.4 is 16.4 Å². The molecule has 0 saturated heterocycles. The lowest BCUT2D eigenvalue weighted by Gasteiger charge is -2.09. The van der Waals surface area contributed by atoms with Gasteiger partial charge in [0.15, 0.2) is 0 Å². The first-order valence-electron chi connectivity index (χ1n) is 7.33. The van der Waals surface area contributed by atoms with Gasteiger partial charge in [0.25, 0.3) is 11.5 Å². The van der Waals surface area contributed by atoms with Crippen LogP contribution >= 0.6 is 15.9 Å². The maximum absolute atomic E-state index is 12.1. The normalized spacial score (nSPS) is 10.6. The van der Waals surface area contributed by atoms with Gasteiger partial charge in [0.2, 0.25) is 5.91 Å². The van der Waals surface area contributed by atoms with Crippen LogP contribution in [-0.2, 0) is 18.3 Å². The van der Waals surface area contributed by atoms with Crippen LogP contribution in [0.25, 0.3) is 10.8 Å². The first kappa shape index (κ1) is 16.9. The van der Waals surface area contributed by atoms with Gasteiger partial charge < -0.3 is 4.98 Å². The molecule has 0 unspecified atom stereocenters. The highest BCUT2D eigenvalue weighted by Gasteiger charge is 2.14. The lowest BCUT2D eigenvalue weighted by Crippen LogP contribution is -2.42. The van der Waals surface area contributed by atoms with Crippen LogP contribution in [0.1, 0.15) is 16.2 Å². The minimum absolute atomic E-state index is 0.0800. The monoisotopic (exact) mass is 403 g/mol. The number of rotatable bonds is 3. The second-order valence-electron chi connectivity index (χ2n) is 5.33. The lowest BCUT2D eigenvalue weighted by atomic mass is 10.1.